The Labute approximate surface area is 173 Å². The van der Waals surface area contributed by atoms with E-state index >= 15 is 0 Å². The van der Waals surface area contributed by atoms with Crippen molar-refractivity contribution in [1.29, 1.82) is 0 Å². The summed E-state index contributed by atoms with van der Waals surface area (Å²) >= 11 is 1.59. The lowest BCUT2D eigenvalue weighted by Crippen LogP contribution is -2.45. The van der Waals surface area contributed by atoms with Crippen molar-refractivity contribution in [3.05, 3.63) is 53.1 Å². The monoisotopic (exact) mass is 414 g/mol. The third kappa shape index (κ3) is 3.27. The third-order valence-electron chi connectivity index (χ3n) is 5.22. The second kappa shape index (κ2) is 7.87. The van der Waals surface area contributed by atoms with Gasteiger partial charge in [-0.15, -0.1) is 11.8 Å². The van der Waals surface area contributed by atoms with Gasteiger partial charge in [-0.25, -0.2) is 0 Å². The van der Waals surface area contributed by atoms with E-state index in [9.17, 15) is 9.59 Å². The van der Waals surface area contributed by atoms with Gasteiger partial charge in [-0.05, 0) is 23.8 Å². The highest BCUT2D eigenvalue weighted by Gasteiger charge is 2.50. The number of carbonyl (C=O) groups excluding carboxylic acids is 2. The molecule has 0 radical (unpaired) electrons. The zero-order valence-corrected chi connectivity index (χ0v) is 17.2. The largest absolute Gasteiger partial charge is 0.497 e. The SMILES string of the molecule is COc1ccc(CNC(=O)[C@H]2CS[C@H]3c4ccc(OC)c(OC)c4C(=O)N23)cc1. The summed E-state index contributed by atoms with van der Waals surface area (Å²) in [6, 6.07) is 10.7. The summed E-state index contributed by atoms with van der Waals surface area (Å²) in [5.74, 6) is 1.88. The van der Waals surface area contributed by atoms with Crippen molar-refractivity contribution in [2.45, 2.75) is 18.0 Å². The van der Waals surface area contributed by atoms with Gasteiger partial charge in [0, 0.05) is 17.9 Å². The minimum absolute atomic E-state index is 0.164. The lowest BCUT2D eigenvalue weighted by Gasteiger charge is -2.22. The number of methoxy groups -OCH3 is 3. The molecule has 2 heterocycles. The van der Waals surface area contributed by atoms with E-state index in [4.69, 9.17) is 14.2 Å². The maximum Gasteiger partial charge on any atom is 0.260 e. The lowest BCUT2D eigenvalue weighted by atomic mass is 10.1. The number of amides is 2. The molecule has 0 spiro atoms. The summed E-state index contributed by atoms with van der Waals surface area (Å²) in [5, 5.41) is 2.76. The van der Waals surface area contributed by atoms with Gasteiger partial charge in [-0.1, -0.05) is 18.2 Å². The summed E-state index contributed by atoms with van der Waals surface area (Å²) in [7, 11) is 4.66. The van der Waals surface area contributed by atoms with E-state index in [1.807, 2.05) is 30.3 Å². The van der Waals surface area contributed by atoms with Crippen LogP contribution in [0.1, 0.15) is 26.9 Å². The summed E-state index contributed by atoms with van der Waals surface area (Å²) in [5.41, 5.74) is 2.31. The molecule has 0 aliphatic carbocycles. The molecule has 2 aromatic carbocycles. The van der Waals surface area contributed by atoms with Crippen molar-refractivity contribution in [2.24, 2.45) is 0 Å². The molecule has 0 aromatic heterocycles. The smallest absolute Gasteiger partial charge is 0.260 e. The molecule has 1 saturated heterocycles. The summed E-state index contributed by atoms with van der Waals surface area (Å²) in [6.45, 7) is 0.390. The Hall–Kier alpha value is -2.87. The maximum absolute atomic E-state index is 13.2. The molecule has 7 nitrogen and oxygen atoms in total. The molecule has 29 heavy (non-hydrogen) atoms. The Morgan fingerprint density at radius 3 is 2.52 bits per heavy atom. The number of ether oxygens (including phenoxy) is 3. The van der Waals surface area contributed by atoms with Crippen LogP contribution < -0.4 is 19.5 Å². The van der Waals surface area contributed by atoms with Crippen LogP contribution in [0.15, 0.2) is 36.4 Å². The van der Waals surface area contributed by atoms with Crippen LogP contribution in [0.2, 0.25) is 0 Å². The van der Waals surface area contributed by atoms with E-state index in [0.717, 1.165) is 16.9 Å². The number of nitrogens with zero attached hydrogens (tertiary/aromatic N) is 1. The average Bonchev–Trinajstić information content (AvgIpc) is 3.31. The fraction of sp³-hybridized carbons (Fsp3) is 0.333. The van der Waals surface area contributed by atoms with Crippen LogP contribution in [0.3, 0.4) is 0 Å². The molecule has 2 amide bonds. The van der Waals surface area contributed by atoms with Crippen LogP contribution in [0.25, 0.3) is 0 Å². The fourth-order valence-electron chi connectivity index (χ4n) is 3.74. The maximum atomic E-state index is 13.2. The summed E-state index contributed by atoms with van der Waals surface area (Å²) in [6.07, 6.45) is 0. The zero-order chi connectivity index (χ0) is 20.5. The Bertz CT molecular complexity index is 947. The van der Waals surface area contributed by atoms with Crippen LogP contribution in [0.4, 0.5) is 0 Å². The molecule has 1 N–H and O–H groups in total. The molecule has 2 aromatic rings. The van der Waals surface area contributed by atoms with Gasteiger partial charge in [0.25, 0.3) is 5.91 Å². The van der Waals surface area contributed by atoms with Crippen molar-refractivity contribution >= 4 is 23.6 Å². The molecule has 8 heteroatoms. The van der Waals surface area contributed by atoms with E-state index in [1.165, 1.54) is 14.2 Å². The minimum Gasteiger partial charge on any atom is -0.497 e. The van der Waals surface area contributed by atoms with Crippen LogP contribution in [-0.2, 0) is 11.3 Å². The normalized spacial score (nSPS) is 19.6. The van der Waals surface area contributed by atoms with Crippen LogP contribution >= 0.6 is 11.8 Å². The number of thioether (sulfide) groups is 1. The van der Waals surface area contributed by atoms with E-state index in [0.29, 0.717) is 29.4 Å². The first-order chi connectivity index (χ1) is 14.1. The molecular weight excluding hydrogens is 392 g/mol. The molecular formula is C21H22N2O5S. The van der Waals surface area contributed by atoms with Crippen molar-refractivity contribution < 1.29 is 23.8 Å². The standard InChI is InChI=1S/C21H22N2O5S/c1-26-13-6-4-12(5-7-13)10-22-19(24)15-11-29-21-14-8-9-16(27-2)18(28-3)17(14)20(25)23(15)21/h4-9,15,21H,10-11H2,1-3H3,(H,22,24)/t15-,21+/m1/s1. The topological polar surface area (TPSA) is 77.1 Å². The van der Waals surface area contributed by atoms with Crippen molar-refractivity contribution in [2.75, 3.05) is 27.1 Å². The molecule has 2 aliphatic heterocycles. The van der Waals surface area contributed by atoms with E-state index < -0.39 is 6.04 Å². The quantitative estimate of drug-likeness (QED) is 0.783. The highest BCUT2D eigenvalue weighted by molar-refractivity contribution is 7.99. The predicted octanol–water partition coefficient (Wildman–Crippen LogP) is 2.60. The molecule has 0 unspecified atom stereocenters. The fourth-order valence-corrected chi connectivity index (χ4v) is 5.20. The lowest BCUT2D eigenvalue weighted by molar-refractivity contribution is -0.124. The number of nitrogens with one attached hydrogen (secondary N) is 1. The van der Waals surface area contributed by atoms with Gasteiger partial charge >= 0.3 is 0 Å². The Morgan fingerprint density at radius 1 is 1.10 bits per heavy atom. The zero-order valence-electron chi connectivity index (χ0n) is 16.4. The molecule has 0 bridgehead atoms. The average molecular weight is 414 g/mol. The van der Waals surface area contributed by atoms with Gasteiger partial charge in [0.1, 0.15) is 17.2 Å². The second-order valence-corrected chi connectivity index (χ2v) is 7.86. The first-order valence-corrected chi connectivity index (χ1v) is 10.2. The molecule has 4 rings (SSSR count). The number of hydrogen-bond acceptors (Lipinski definition) is 6. The van der Waals surface area contributed by atoms with Gasteiger partial charge in [0.15, 0.2) is 11.5 Å². The molecule has 2 aliphatic rings. The summed E-state index contributed by atoms with van der Waals surface area (Å²) < 4.78 is 15.9. The van der Waals surface area contributed by atoms with Crippen LogP contribution in [0.5, 0.6) is 17.2 Å². The minimum atomic E-state index is -0.529. The predicted molar refractivity (Wildman–Crippen MR) is 110 cm³/mol. The van der Waals surface area contributed by atoms with Crippen molar-refractivity contribution in [3.63, 3.8) is 0 Å². The molecule has 0 saturated carbocycles. The number of rotatable bonds is 6. The van der Waals surface area contributed by atoms with Gasteiger partial charge < -0.3 is 24.4 Å². The van der Waals surface area contributed by atoms with Crippen LogP contribution in [0, 0.1) is 0 Å². The van der Waals surface area contributed by atoms with Gasteiger partial charge in [-0.3, -0.25) is 9.59 Å². The van der Waals surface area contributed by atoms with Gasteiger partial charge in [-0.2, -0.15) is 0 Å². The molecule has 1 fully saturated rings. The Morgan fingerprint density at radius 2 is 1.86 bits per heavy atom. The highest BCUT2D eigenvalue weighted by Crippen LogP contribution is 2.52. The first-order valence-electron chi connectivity index (χ1n) is 9.18. The number of fused-ring (bicyclic) bond motifs is 3. The number of hydrogen-bond donors (Lipinski definition) is 1. The number of benzene rings is 2. The second-order valence-electron chi connectivity index (χ2n) is 6.75. The van der Waals surface area contributed by atoms with Crippen molar-refractivity contribution in [3.8, 4) is 17.2 Å². The van der Waals surface area contributed by atoms with E-state index in [1.54, 1.807) is 29.8 Å². The van der Waals surface area contributed by atoms with Crippen LogP contribution in [-0.4, -0.2) is 49.8 Å². The Kier molecular flexibility index (Phi) is 5.27. The molecule has 2 atom stereocenters. The third-order valence-corrected chi connectivity index (χ3v) is 6.53. The van der Waals surface area contributed by atoms with E-state index in [-0.39, 0.29) is 17.2 Å². The highest BCUT2D eigenvalue weighted by atomic mass is 32.2. The summed E-state index contributed by atoms with van der Waals surface area (Å²) in [4.78, 5) is 27.7. The Balaban J connectivity index is 1.51. The number of carbonyl (C=O) groups is 2. The van der Waals surface area contributed by atoms with Crippen molar-refractivity contribution in [1.82, 2.24) is 10.2 Å². The van der Waals surface area contributed by atoms with Gasteiger partial charge in [0.2, 0.25) is 5.91 Å². The molecule has 152 valence electrons. The van der Waals surface area contributed by atoms with E-state index in [2.05, 4.69) is 5.32 Å². The first kappa shape index (κ1) is 19.4. The van der Waals surface area contributed by atoms with Gasteiger partial charge in [0.05, 0.1) is 26.9 Å².